The second-order valence-corrected chi connectivity index (χ2v) is 5.32. The zero-order valence-corrected chi connectivity index (χ0v) is 12.5. The van der Waals surface area contributed by atoms with Crippen LogP contribution in [0.25, 0.3) is 11.1 Å². The molecule has 0 saturated heterocycles. The quantitative estimate of drug-likeness (QED) is 0.572. The zero-order valence-electron chi connectivity index (χ0n) is 12.5. The molecule has 0 unspecified atom stereocenters. The maximum atomic E-state index is 12.9. The number of rotatable bonds is 3. The Morgan fingerprint density at radius 2 is 1.42 bits per heavy atom. The topological polar surface area (TPSA) is 17.1 Å². The van der Waals surface area contributed by atoms with Gasteiger partial charge in [0.05, 0.1) is 5.56 Å². The van der Waals surface area contributed by atoms with E-state index >= 15 is 0 Å². The van der Waals surface area contributed by atoms with E-state index in [1.807, 2.05) is 30.3 Å². The van der Waals surface area contributed by atoms with E-state index < -0.39 is 17.5 Å². The van der Waals surface area contributed by atoms with Crippen LogP contribution in [0, 0.1) is 0 Å². The molecule has 0 N–H and O–H groups in total. The molecule has 3 rings (SSSR count). The molecule has 0 amide bonds. The van der Waals surface area contributed by atoms with Gasteiger partial charge in [0, 0.05) is 11.1 Å². The summed E-state index contributed by atoms with van der Waals surface area (Å²) in [6, 6.07) is 20.7. The van der Waals surface area contributed by atoms with Crippen LogP contribution >= 0.6 is 0 Å². The lowest BCUT2D eigenvalue weighted by Gasteiger charge is -2.11. The van der Waals surface area contributed by atoms with Gasteiger partial charge in [-0.15, -0.1) is 0 Å². The number of alkyl halides is 3. The van der Waals surface area contributed by atoms with Gasteiger partial charge in [-0.1, -0.05) is 66.7 Å². The molecule has 3 aromatic carbocycles. The molecule has 0 atom stereocenters. The lowest BCUT2D eigenvalue weighted by molar-refractivity contribution is -0.137. The Morgan fingerprint density at radius 1 is 0.750 bits per heavy atom. The maximum absolute atomic E-state index is 12.9. The number of hydrogen-bond acceptors (Lipinski definition) is 1. The SMILES string of the molecule is O=C(c1cccc(C(F)(F)F)c1)c1ccccc1-c1ccccc1. The molecule has 120 valence electrons. The summed E-state index contributed by atoms with van der Waals surface area (Å²) in [5.41, 5.74) is 1.11. The van der Waals surface area contributed by atoms with E-state index in [0.717, 1.165) is 17.7 Å². The van der Waals surface area contributed by atoms with Crippen LogP contribution < -0.4 is 0 Å². The molecule has 0 fully saturated rings. The van der Waals surface area contributed by atoms with Crippen molar-refractivity contribution < 1.29 is 18.0 Å². The minimum atomic E-state index is -4.48. The second-order valence-electron chi connectivity index (χ2n) is 5.32. The number of carbonyl (C=O) groups excluding carboxylic acids is 1. The molecule has 0 bridgehead atoms. The van der Waals surface area contributed by atoms with Gasteiger partial charge in [0.25, 0.3) is 0 Å². The van der Waals surface area contributed by atoms with Crippen molar-refractivity contribution in [1.29, 1.82) is 0 Å². The molecule has 0 aliphatic carbocycles. The second kappa shape index (κ2) is 6.32. The Balaban J connectivity index is 2.06. The van der Waals surface area contributed by atoms with Gasteiger partial charge in [-0.05, 0) is 23.3 Å². The van der Waals surface area contributed by atoms with E-state index in [1.54, 1.807) is 24.3 Å². The van der Waals surface area contributed by atoms with Crippen LogP contribution in [0.4, 0.5) is 13.2 Å². The fourth-order valence-electron chi connectivity index (χ4n) is 2.54. The summed E-state index contributed by atoms with van der Waals surface area (Å²) in [4.78, 5) is 12.8. The molecule has 0 aliphatic heterocycles. The summed E-state index contributed by atoms with van der Waals surface area (Å²) < 4.78 is 38.6. The molecule has 0 heterocycles. The standard InChI is InChI=1S/C20H13F3O/c21-20(22,23)16-10-6-9-15(13-16)19(24)18-12-5-4-11-17(18)14-7-2-1-3-8-14/h1-13H. The van der Waals surface area contributed by atoms with Crippen molar-refractivity contribution in [2.24, 2.45) is 0 Å². The van der Waals surface area contributed by atoms with Crippen LogP contribution in [-0.4, -0.2) is 5.78 Å². The van der Waals surface area contributed by atoms with Crippen molar-refractivity contribution in [3.8, 4) is 11.1 Å². The van der Waals surface area contributed by atoms with E-state index in [0.29, 0.717) is 11.1 Å². The van der Waals surface area contributed by atoms with Gasteiger partial charge >= 0.3 is 6.18 Å². The molecule has 1 nitrogen and oxygen atoms in total. The highest BCUT2D eigenvalue weighted by molar-refractivity contribution is 6.12. The molecule has 0 spiro atoms. The number of hydrogen-bond donors (Lipinski definition) is 0. The Bertz CT molecular complexity index is 867. The van der Waals surface area contributed by atoms with Gasteiger partial charge in [0.1, 0.15) is 0 Å². The van der Waals surface area contributed by atoms with E-state index in [9.17, 15) is 18.0 Å². The van der Waals surface area contributed by atoms with Crippen LogP contribution in [0.15, 0.2) is 78.9 Å². The lowest BCUT2D eigenvalue weighted by atomic mass is 9.93. The molecular formula is C20H13F3O. The first-order valence-corrected chi connectivity index (χ1v) is 7.33. The average molecular weight is 326 g/mol. The Kier molecular flexibility index (Phi) is 4.21. The van der Waals surface area contributed by atoms with Gasteiger partial charge in [-0.25, -0.2) is 0 Å². The fourth-order valence-corrected chi connectivity index (χ4v) is 2.54. The lowest BCUT2D eigenvalue weighted by Crippen LogP contribution is -2.08. The first-order chi connectivity index (χ1) is 11.5. The average Bonchev–Trinajstić information content (AvgIpc) is 2.61. The number of halogens is 3. The van der Waals surface area contributed by atoms with Crippen molar-refractivity contribution in [2.75, 3.05) is 0 Å². The van der Waals surface area contributed by atoms with E-state index in [4.69, 9.17) is 0 Å². The van der Waals surface area contributed by atoms with Crippen LogP contribution in [0.2, 0.25) is 0 Å². The van der Waals surface area contributed by atoms with Gasteiger partial charge in [0.2, 0.25) is 0 Å². The summed E-state index contributed by atoms with van der Waals surface area (Å²) >= 11 is 0. The Morgan fingerprint density at radius 3 is 2.12 bits per heavy atom. The Labute approximate surface area is 137 Å². The molecule has 3 aromatic rings. The third-order valence-corrected chi connectivity index (χ3v) is 3.71. The minimum Gasteiger partial charge on any atom is -0.289 e. The van der Waals surface area contributed by atoms with Crippen LogP contribution in [0.1, 0.15) is 21.5 Å². The van der Waals surface area contributed by atoms with Crippen LogP contribution in [-0.2, 0) is 6.18 Å². The van der Waals surface area contributed by atoms with Crippen molar-refractivity contribution in [3.63, 3.8) is 0 Å². The highest BCUT2D eigenvalue weighted by Gasteiger charge is 2.31. The molecule has 4 heteroatoms. The molecular weight excluding hydrogens is 313 g/mol. The Hall–Kier alpha value is -2.88. The molecule has 24 heavy (non-hydrogen) atoms. The third kappa shape index (κ3) is 3.23. The van der Waals surface area contributed by atoms with Crippen molar-refractivity contribution in [2.45, 2.75) is 6.18 Å². The van der Waals surface area contributed by atoms with Crippen molar-refractivity contribution in [1.82, 2.24) is 0 Å². The molecule has 0 aliphatic rings. The summed E-state index contributed by atoms with van der Waals surface area (Å²) in [7, 11) is 0. The maximum Gasteiger partial charge on any atom is 0.416 e. The van der Waals surface area contributed by atoms with Gasteiger partial charge in [-0.2, -0.15) is 13.2 Å². The van der Waals surface area contributed by atoms with Crippen molar-refractivity contribution in [3.05, 3.63) is 95.6 Å². The summed E-state index contributed by atoms with van der Waals surface area (Å²) in [5.74, 6) is -0.430. The number of carbonyl (C=O) groups is 1. The van der Waals surface area contributed by atoms with Crippen molar-refractivity contribution >= 4 is 5.78 Å². The number of benzene rings is 3. The zero-order chi connectivity index (χ0) is 17.2. The summed E-state index contributed by atoms with van der Waals surface area (Å²) in [6.45, 7) is 0. The minimum absolute atomic E-state index is 0.0215. The normalized spacial score (nSPS) is 11.3. The van der Waals surface area contributed by atoms with Crippen LogP contribution in [0.5, 0.6) is 0 Å². The van der Waals surface area contributed by atoms with Gasteiger partial charge < -0.3 is 0 Å². The first kappa shape index (κ1) is 16.0. The van der Waals surface area contributed by atoms with E-state index in [2.05, 4.69) is 0 Å². The van der Waals surface area contributed by atoms with Gasteiger partial charge in [-0.3, -0.25) is 4.79 Å². The largest absolute Gasteiger partial charge is 0.416 e. The molecule has 0 radical (unpaired) electrons. The fraction of sp³-hybridized carbons (Fsp3) is 0.0500. The van der Waals surface area contributed by atoms with Crippen LogP contribution in [0.3, 0.4) is 0 Å². The molecule has 0 aromatic heterocycles. The predicted molar refractivity (Wildman–Crippen MR) is 86.8 cm³/mol. The summed E-state index contributed by atoms with van der Waals surface area (Å²) in [6.07, 6.45) is -4.48. The number of ketones is 1. The summed E-state index contributed by atoms with van der Waals surface area (Å²) in [5, 5.41) is 0. The predicted octanol–water partition coefficient (Wildman–Crippen LogP) is 5.60. The third-order valence-electron chi connectivity index (χ3n) is 3.71. The monoisotopic (exact) mass is 326 g/mol. The van der Waals surface area contributed by atoms with Gasteiger partial charge in [0.15, 0.2) is 5.78 Å². The smallest absolute Gasteiger partial charge is 0.289 e. The highest BCUT2D eigenvalue weighted by atomic mass is 19.4. The highest BCUT2D eigenvalue weighted by Crippen LogP contribution is 2.31. The first-order valence-electron chi connectivity index (χ1n) is 7.33. The molecule has 0 saturated carbocycles. The van der Waals surface area contributed by atoms with E-state index in [-0.39, 0.29) is 5.56 Å². The van der Waals surface area contributed by atoms with E-state index in [1.165, 1.54) is 12.1 Å².